The van der Waals surface area contributed by atoms with Gasteiger partial charge in [0.05, 0.1) is 18.3 Å². The molecule has 8 heteroatoms. The minimum Gasteiger partial charge on any atom is -0.493 e. The molecule has 0 aliphatic rings. The summed E-state index contributed by atoms with van der Waals surface area (Å²) >= 11 is 18.5. The van der Waals surface area contributed by atoms with Crippen LogP contribution < -0.4 is 14.9 Å². The van der Waals surface area contributed by atoms with Crippen molar-refractivity contribution in [2.24, 2.45) is 5.10 Å². The molecule has 0 aliphatic carbocycles. The number of hydrazone groups is 1. The zero-order valence-corrected chi connectivity index (χ0v) is 19.1. The molecule has 0 unspecified atom stereocenters. The van der Waals surface area contributed by atoms with E-state index in [0.29, 0.717) is 37.7 Å². The van der Waals surface area contributed by atoms with Gasteiger partial charge in [0, 0.05) is 21.2 Å². The predicted molar refractivity (Wildman–Crippen MR) is 125 cm³/mol. The van der Waals surface area contributed by atoms with Crippen LogP contribution in [-0.2, 0) is 6.61 Å². The molecule has 5 nitrogen and oxygen atoms in total. The Morgan fingerprint density at radius 2 is 1.87 bits per heavy atom. The molecule has 0 fully saturated rings. The molecule has 0 radical (unpaired) electrons. The van der Waals surface area contributed by atoms with E-state index in [-0.39, 0.29) is 12.5 Å². The van der Waals surface area contributed by atoms with E-state index < -0.39 is 0 Å². The van der Waals surface area contributed by atoms with Gasteiger partial charge in [-0.1, -0.05) is 58.6 Å². The Labute approximate surface area is 195 Å². The number of methoxy groups -OCH3 is 1. The highest BCUT2D eigenvalue weighted by molar-refractivity contribution is 6.35. The SMILES string of the molecule is COc1cc(/C=N\NC(=O)c2cccc(C)c2)cc(Cl)c1OCc1ccc(Cl)cc1Cl. The van der Waals surface area contributed by atoms with Gasteiger partial charge in [-0.25, -0.2) is 5.43 Å². The lowest BCUT2D eigenvalue weighted by Crippen LogP contribution is -2.17. The van der Waals surface area contributed by atoms with Crippen LogP contribution in [0.1, 0.15) is 27.0 Å². The first-order valence-electron chi connectivity index (χ1n) is 9.21. The second-order valence-electron chi connectivity index (χ2n) is 6.63. The predicted octanol–water partition coefficient (Wildman–Crippen LogP) is 6.31. The number of carbonyl (C=O) groups is 1. The Hall–Kier alpha value is -2.73. The van der Waals surface area contributed by atoms with Crippen molar-refractivity contribution in [3.8, 4) is 11.5 Å². The van der Waals surface area contributed by atoms with Gasteiger partial charge >= 0.3 is 0 Å². The molecule has 31 heavy (non-hydrogen) atoms. The maximum Gasteiger partial charge on any atom is 0.271 e. The highest BCUT2D eigenvalue weighted by Crippen LogP contribution is 2.37. The van der Waals surface area contributed by atoms with Crippen LogP contribution in [0.4, 0.5) is 0 Å². The molecule has 0 heterocycles. The van der Waals surface area contributed by atoms with E-state index in [4.69, 9.17) is 44.3 Å². The summed E-state index contributed by atoms with van der Waals surface area (Å²) in [6.07, 6.45) is 1.47. The number of hydrogen-bond donors (Lipinski definition) is 1. The van der Waals surface area contributed by atoms with Crippen LogP contribution in [0.2, 0.25) is 15.1 Å². The van der Waals surface area contributed by atoms with Gasteiger partial charge < -0.3 is 9.47 Å². The summed E-state index contributed by atoms with van der Waals surface area (Å²) in [5.41, 5.74) is 5.39. The Morgan fingerprint density at radius 1 is 1.06 bits per heavy atom. The zero-order chi connectivity index (χ0) is 22.4. The smallest absolute Gasteiger partial charge is 0.271 e. The van der Waals surface area contributed by atoms with Crippen molar-refractivity contribution in [1.29, 1.82) is 0 Å². The van der Waals surface area contributed by atoms with Crippen LogP contribution in [-0.4, -0.2) is 19.2 Å². The molecule has 3 aromatic rings. The van der Waals surface area contributed by atoms with Crippen molar-refractivity contribution in [1.82, 2.24) is 5.43 Å². The van der Waals surface area contributed by atoms with Crippen molar-refractivity contribution < 1.29 is 14.3 Å². The third kappa shape index (κ3) is 6.14. The largest absolute Gasteiger partial charge is 0.493 e. The normalized spacial score (nSPS) is 10.9. The van der Waals surface area contributed by atoms with Crippen LogP contribution >= 0.6 is 34.8 Å². The first-order valence-corrected chi connectivity index (χ1v) is 10.3. The van der Waals surface area contributed by atoms with Gasteiger partial charge in [0.2, 0.25) is 0 Å². The zero-order valence-electron chi connectivity index (χ0n) is 16.8. The van der Waals surface area contributed by atoms with Gasteiger partial charge in [-0.3, -0.25) is 4.79 Å². The number of aryl methyl sites for hydroxylation is 1. The van der Waals surface area contributed by atoms with Gasteiger partial charge in [0.1, 0.15) is 6.61 Å². The molecular formula is C23H19Cl3N2O3. The number of carbonyl (C=O) groups excluding carboxylic acids is 1. The summed E-state index contributed by atoms with van der Waals surface area (Å²) in [5, 5.41) is 5.37. The lowest BCUT2D eigenvalue weighted by Gasteiger charge is -2.14. The van der Waals surface area contributed by atoms with E-state index >= 15 is 0 Å². The fourth-order valence-corrected chi connectivity index (χ4v) is 3.50. The average molecular weight is 478 g/mol. The topological polar surface area (TPSA) is 59.9 Å². The number of nitrogens with zero attached hydrogens (tertiary/aromatic N) is 1. The van der Waals surface area contributed by atoms with Crippen LogP contribution in [0.5, 0.6) is 11.5 Å². The third-order valence-electron chi connectivity index (χ3n) is 4.30. The van der Waals surface area contributed by atoms with E-state index in [1.54, 1.807) is 42.5 Å². The molecule has 0 saturated carbocycles. The van der Waals surface area contributed by atoms with E-state index in [2.05, 4.69) is 10.5 Å². The fourth-order valence-electron chi connectivity index (χ4n) is 2.76. The lowest BCUT2D eigenvalue weighted by molar-refractivity contribution is 0.0955. The van der Waals surface area contributed by atoms with Crippen molar-refractivity contribution in [3.05, 3.63) is 91.9 Å². The number of amides is 1. The maximum absolute atomic E-state index is 12.2. The highest BCUT2D eigenvalue weighted by atomic mass is 35.5. The molecule has 0 saturated heterocycles. The van der Waals surface area contributed by atoms with E-state index in [1.807, 2.05) is 19.1 Å². The minimum absolute atomic E-state index is 0.187. The molecule has 0 spiro atoms. The summed E-state index contributed by atoms with van der Waals surface area (Å²) in [5.74, 6) is 0.484. The number of halogens is 3. The second-order valence-corrected chi connectivity index (χ2v) is 7.88. The van der Waals surface area contributed by atoms with Crippen LogP contribution in [0.15, 0.2) is 59.7 Å². The van der Waals surface area contributed by atoms with Crippen LogP contribution in [0, 0.1) is 6.92 Å². The summed E-state index contributed by atoms with van der Waals surface area (Å²) < 4.78 is 11.2. The number of hydrogen-bond acceptors (Lipinski definition) is 4. The molecule has 3 aromatic carbocycles. The Bertz CT molecular complexity index is 1130. The van der Waals surface area contributed by atoms with Gasteiger partial charge in [0.15, 0.2) is 11.5 Å². The Kier molecular flexibility index (Phi) is 7.80. The molecule has 0 atom stereocenters. The standard InChI is InChI=1S/C23H19Cl3N2O3/c1-14-4-3-5-16(8-14)23(29)28-27-12-15-9-20(26)22(21(10-15)30-2)31-13-17-6-7-18(24)11-19(17)25/h3-12H,13H2,1-2H3,(H,28,29)/b27-12-. The second kappa shape index (κ2) is 10.5. The van der Waals surface area contributed by atoms with E-state index in [1.165, 1.54) is 13.3 Å². The molecular weight excluding hydrogens is 459 g/mol. The lowest BCUT2D eigenvalue weighted by atomic mass is 10.1. The van der Waals surface area contributed by atoms with Crippen LogP contribution in [0.3, 0.4) is 0 Å². The molecule has 160 valence electrons. The number of rotatable bonds is 7. The Morgan fingerprint density at radius 3 is 2.58 bits per heavy atom. The number of benzene rings is 3. The molecule has 0 bridgehead atoms. The molecule has 1 N–H and O–H groups in total. The maximum atomic E-state index is 12.2. The molecule has 3 rings (SSSR count). The summed E-state index contributed by atoms with van der Waals surface area (Å²) in [6.45, 7) is 2.10. The third-order valence-corrected chi connectivity index (χ3v) is 5.17. The summed E-state index contributed by atoms with van der Waals surface area (Å²) in [7, 11) is 1.51. The van der Waals surface area contributed by atoms with Crippen molar-refractivity contribution in [2.45, 2.75) is 13.5 Å². The van der Waals surface area contributed by atoms with E-state index in [0.717, 1.165) is 11.1 Å². The quantitative estimate of drug-likeness (QED) is 0.320. The Balaban J connectivity index is 1.71. The fraction of sp³-hybridized carbons (Fsp3) is 0.130. The number of ether oxygens (including phenoxy) is 2. The van der Waals surface area contributed by atoms with Crippen molar-refractivity contribution in [3.63, 3.8) is 0 Å². The number of nitrogens with one attached hydrogen (secondary N) is 1. The summed E-state index contributed by atoms with van der Waals surface area (Å²) in [4.78, 5) is 12.2. The summed E-state index contributed by atoms with van der Waals surface area (Å²) in [6, 6.07) is 15.7. The first kappa shape index (κ1) is 22.9. The first-order chi connectivity index (χ1) is 14.9. The highest BCUT2D eigenvalue weighted by Gasteiger charge is 2.13. The van der Waals surface area contributed by atoms with Gasteiger partial charge in [-0.05, 0) is 48.9 Å². The molecule has 0 aromatic heterocycles. The van der Waals surface area contributed by atoms with Gasteiger partial charge in [-0.2, -0.15) is 5.10 Å². The minimum atomic E-state index is -0.308. The average Bonchev–Trinajstić information content (AvgIpc) is 2.73. The monoisotopic (exact) mass is 476 g/mol. The van der Waals surface area contributed by atoms with E-state index in [9.17, 15) is 4.79 Å². The van der Waals surface area contributed by atoms with Crippen molar-refractivity contribution in [2.75, 3.05) is 7.11 Å². The molecule has 0 aliphatic heterocycles. The van der Waals surface area contributed by atoms with Crippen LogP contribution in [0.25, 0.3) is 0 Å². The van der Waals surface area contributed by atoms with Crippen molar-refractivity contribution >= 4 is 46.9 Å². The van der Waals surface area contributed by atoms with Gasteiger partial charge in [-0.15, -0.1) is 0 Å². The molecule has 1 amide bonds. The van der Waals surface area contributed by atoms with Gasteiger partial charge in [0.25, 0.3) is 5.91 Å².